The SMILES string of the molecule is CCCNC(C)C1(Cc2csc(C)n2)CC1. The van der Waals surface area contributed by atoms with Crippen LogP contribution in [-0.2, 0) is 6.42 Å². The van der Waals surface area contributed by atoms with E-state index in [-0.39, 0.29) is 0 Å². The Balaban J connectivity index is 1.92. The summed E-state index contributed by atoms with van der Waals surface area (Å²) in [6.07, 6.45) is 5.11. The summed E-state index contributed by atoms with van der Waals surface area (Å²) in [7, 11) is 0. The van der Waals surface area contributed by atoms with Gasteiger partial charge in [-0.3, -0.25) is 0 Å². The molecule has 0 aliphatic heterocycles. The highest BCUT2D eigenvalue weighted by Gasteiger charge is 2.47. The molecule has 1 aromatic heterocycles. The Kier molecular flexibility index (Phi) is 3.65. The van der Waals surface area contributed by atoms with Gasteiger partial charge in [0.05, 0.1) is 10.7 Å². The maximum atomic E-state index is 4.59. The quantitative estimate of drug-likeness (QED) is 0.823. The summed E-state index contributed by atoms with van der Waals surface area (Å²) >= 11 is 1.77. The van der Waals surface area contributed by atoms with Gasteiger partial charge in [-0.15, -0.1) is 11.3 Å². The fourth-order valence-corrected chi connectivity index (χ4v) is 2.96. The first-order chi connectivity index (χ1) is 7.66. The minimum absolute atomic E-state index is 0.510. The average molecular weight is 238 g/mol. The number of rotatable bonds is 6. The van der Waals surface area contributed by atoms with Crippen molar-refractivity contribution >= 4 is 11.3 Å². The largest absolute Gasteiger partial charge is 0.314 e. The monoisotopic (exact) mass is 238 g/mol. The molecule has 0 radical (unpaired) electrons. The molecule has 16 heavy (non-hydrogen) atoms. The Morgan fingerprint density at radius 3 is 2.81 bits per heavy atom. The molecule has 90 valence electrons. The van der Waals surface area contributed by atoms with Crippen LogP contribution in [0.1, 0.15) is 43.8 Å². The molecule has 3 heteroatoms. The lowest BCUT2D eigenvalue weighted by molar-refractivity contribution is 0.348. The third-order valence-corrected chi connectivity index (χ3v) is 4.53. The Labute approximate surface area is 102 Å². The molecular formula is C13H22N2S. The minimum atomic E-state index is 0.510. The van der Waals surface area contributed by atoms with Gasteiger partial charge < -0.3 is 5.32 Å². The Bertz CT molecular complexity index is 341. The van der Waals surface area contributed by atoms with Crippen molar-refractivity contribution in [2.75, 3.05) is 6.54 Å². The van der Waals surface area contributed by atoms with Crippen LogP contribution in [0.15, 0.2) is 5.38 Å². The van der Waals surface area contributed by atoms with Crippen LogP contribution in [0, 0.1) is 12.3 Å². The fourth-order valence-electron chi connectivity index (χ4n) is 2.35. The first kappa shape index (κ1) is 12.1. The first-order valence-corrected chi connectivity index (χ1v) is 7.18. The molecule has 1 aliphatic rings. The highest BCUT2D eigenvalue weighted by molar-refractivity contribution is 7.09. The van der Waals surface area contributed by atoms with E-state index in [0.717, 1.165) is 13.0 Å². The molecule has 0 saturated heterocycles. The predicted octanol–water partition coefficient (Wildman–Crippen LogP) is 3.16. The summed E-state index contributed by atoms with van der Waals surface area (Å²) in [6, 6.07) is 0.634. The second-order valence-corrected chi connectivity index (χ2v) is 6.14. The van der Waals surface area contributed by atoms with Crippen LogP contribution in [-0.4, -0.2) is 17.6 Å². The summed E-state index contributed by atoms with van der Waals surface area (Å²) in [4.78, 5) is 4.59. The van der Waals surface area contributed by atoms with Crippen molar-refractivity contribution in [3.05, 3.63) is 16.1 Å². The summed E-state index contributed by atoms with van der Waals surface area (Å²) in [5.41, 5.74) is 1.81. The number of aromatic nitrogens is 1. The molecule has 1 atom stereocenters. The van der Waals surface area contributed by atoms with Gasteiger partial charge in [0.1, 0.15) is 0 Å². The van der Waals surface area contributed by atoms with E-state index in [1.54, 1.807) is 11.3 Å². The zero-order valence-corrected chi connectivity index (χ0v) is 11.4. The van der Waals surface area contributed by atoms with E-state index in [1.807, 2.05) is 0 Å². The van der Waals surface area contributed by atoms with Crippen molar-refractivity contribution in [3.63, 3.8) is 0 Å². The van der Waals surface area contributed by atoms with Crippen molar-refractivity contribution < 1.29 is 0 Å². The fraction of sp³-hybridized carbons (Fsp3) is 0.769. The third kappa shape index (κ3) is 2.64. The van der Waals surface area contributed by atoms with Gasteiger partial charge in [-0.1, -0.05) is 6.92 Å². The van der Waals surface area contributed by atoms with E-state index < -0.39 is 0 Å². The van der Waals surface area contributed by atoms with Crippen LogP contribution in [0.5, 0.6) is 0 Å². The predicted molar refractivity (Wildman–Crippen MR) is 70.0 cm³/mol. The first-order valence-electron chi connectivity index (χ1n) is 6.31. The van der Waals surface area contributed by atoms with Crippen LogP contribution in [0.2, 0.25) is 0 Å². The zero-order valence-electron chi connectivity index (χ0n) is 10.5. The Hall–Kier alpha value is -0.410. The topological polar surface area (TPSA) is 24.9 Å². The lowest BCUT2D eigenvalue weighted by Crippen LogP contribution is -2.36. The van der Waals surface area contributed by atoms with E-state index in [4.69, 9.17) is 0 Å². The summed E-state index contributed by atoms with van der Waals surface area (Å²) < 4.78 is 0. The molecule has 1 N–H and O–H groups in total. The van der Waals surface area contributed by atoms with Gasteiger partial charge in [-0.2, -0.15) is 0 Å². The molecule has 1 aromatic rings. The van der Waals surface area contributed by atoms with Crippen LogP contribution in [0.4, 0.5) is 0 Å². The molecule has 0 amide bonds. The third-order valence-electron chi connectivity index (χ3n) is 3.71. The molecule has 2 nitrogen and oxygen atoms in total. The second kappa shape index (κ2) is 4.84. The molecule has 1 unspecified atom stereocenters. The highest BCUT2D eigenvalue weighted by Crippen LogP contribution is 2.51. The average Bonchev–Trinajstić information content (AvgIpc) is 2.93. The van der Waals surface area contributed by atoms with E-state index in [9.17, 15) is 0 Å². The zero-order chi connectivity index (χ0) is 11.6. The van der Waals surface area contributed by atoms with Crippen molar-refractivity contribution in [2.24, 2.45) is 5.41 Å². The van der Waals surface area contributed by atoms with Gasteiger partial charge in [0, 0.05) is 11.4 Å². The molecule has 0 spiro atoms. The summed E-state index contributed by atoms with van der Waals surface area (Å²) in [5.74, 6) is 0. The lowest BCUT2D eigenvalue weighted by Gasteiger charge is -2.23. The smallest absolute Gasteiger partial charge is 0.0897 e. The summed E-state index contributed by atoms with van der Waals surface area (Å²) in [5, 5.41) is 7.06. The van der Waals surface area contributed by atoms with Gasteiger partial charge in [-0.05, 0) is 51.5 Å². The van der Waals surface area contributed by atoms with Crippen LogP contribution < -0.4 is 5.32 Å². The molecular weight excluding hydrogens is 216 g/mol. The number of nitrogens with zero attached hydrogens (tertiary/aromatic N) is 1. The number of hydrogen-bond donors (Lipinski definition) is 1. The van der Waals surface area contributed by atoms with Crippen LogP contribution in [0.25, 0.3) is 0 Å². The Morgan fingerprint density at radius 1 is 1.56 bits per heavy atom. The number of nitrogens with one attached hydrogen (secondary N) is 1. The maximum absolute atomic E-state index is 4.59. The van der Waals surface area contributed by atoms with E-state index in [0.29, 0.717) is 11.5 Å². The normalized spacial score (nSPS) is 19.7. The number of aryl methyl sites for hydroxylation is 1. The van der Waals surface area contributed by atoms with Gasteiger partial charge in [0.15, 0.2) is 0 Å². The van der Waals surface area contributed by atoms with Gasteiger partial charge in [0.25, 0.3) is 0 Å². The van der Waals surface area contributed by atoms with Gasteiger partial charge in [-0.25, -0.2) is 4.98 Å². The van der Waals surface area contributed by atoms with E-state index >= 15 is 0 Å². The number of hydrogen-bond acceptors (Lipinski definition) is 3. The standard InChI is InChI=1S/C13H22N2S/c1-4-7-14-10(2)13(5-6-13)8-12-9-16-11(3)15-12/h9-10,14H,4-8H2,1-3H3. The highest BCUT2D eigenvalue weighted by atomic mass is 32.1. The van der Waals surface area contributed by atoms with Crippen LogP contribution >= 0.6 is 11.3 Å². The van der Waals surface area contributed by atoms with E-state index in [1.165, 1.54) is 30.0 Å². The van der Waals surface area contributed by atoms with E-state index in [2.05, 4.69) is 36.5 Å². The van der Waals surface area contributed by atoms with Crippen molar-refractivity contribution in [2.45, 2.75) is 52.5 Å². The van der Waals surface area contributed by atoms with Crippen molar-refractivity contribution in [3.8, 4) is 0 Å². The Morgan fingerprint density at radius 2 is 2.31 bits per heavy atom. The minimum Gasteiger partial charge on any atom is -0.314 e. The second-order valence-electron chi connectivity index (χ2n) is 5.07. The van der Waals surface area contributed by atoms with Crippen molar-refractivity contribution in [1.29, 1.82) is 0 Å². The summed E-state index contributed by atoms with van der Waals surface area (Å²) in [6.45, 7) is 7.79. The molecule has 0 aromatic carbocycles. The molecule has 0 bridgehead atoms. The molecule has 1 aliphatic carbocycles. The lowest BCUT2D eigenvalue weighted by atomic mass is 9.92. The van der Waals surface area contributed by atoms with Gasteiger partial charge in [0.2, 0.25) is 0 Å². The number of thiazole rings is 1. The molecule has 1 fully saturated rings. The van der Waals surface area contributed by atoms with Crippen molar-refractivity contribution in [1.82, 2.24) is 10.3 Å². The van der Waals surface area contributed by atoms with Gasteiger partial charge >= 0.3 is 0 Å². The molecule has 1 heterocycles. The van der Waals surface area contributed by atoms with Crippen LogP contribution in [0.3, 0.4) is 0 Å². The molecule has 2 rings (SSSR count). The maximum Gasteiger partial charge on any atom is 0.0897 e. The molecule has 1 saturated carbocycles.